The molecule has 0 bridgehead atoms. The van der Waals surface area contributed by atoms with Crippen LogP contribution < -0.4 is 14.4 Å². The van der Waals surface area contributed by atoms with Gasteiger partial charge in [0.2, 0.25) is 15.9 Å². The van der Waals surface area contributed by atoms with E-state index in [-0.39, 0.29) is 19.0 Å². The summed E-state index contributed by atoms with van der Waals surface area (Å²) >= 11 is 6.06. The maximum absolute atomic E-state index is 12.1. The summed E-state index contributed by atoms with van der Waals surface area (Å²) in [5.74, 6) is 0.270. The van der Waals surface area contributed by atoms with E-state index in [0.29, 0.717) is 22.9 Å². The minimum Gasteiger partial charge on any atom is -0.494 e. The Morgan fingerprint density at radius 2 is 2.04 bits per heavy atom. The van der Waals surface area contributed by atoms with Gasteiger partial charge in [-0.2, -0.15) is 0 Å². The second-order valence-corrected chi connectivity index (χ2v) is 7.52. The van der Waals surface area contributed by atoms with Gasteiger partial charge in [0, 0.05) is 24.1 Å². The largest absolute Gasteiger partial charge is 0.494 e. The van der Waals surface area contributed by atoms with E-state index >= 15 is 0 Å². The molecule has 1 aromatic carbocycles. The van der Waals surface area contributed by atoms with Crippen molar-refractivity contribution in [1.29, 1.82) is 0 Å². The molecule has 1 N–H and O–H groups in total. The van der Waals surface area contributed by atoms with Gasteiger partial charge in [0.25, 0.3) is 0 Å². The monoisotopic (exact) mass is 362 g/mol. The van der Waals surface area contributed by atoms with Crippen LogP contribution in [0.3, 0.4) is 0 Å². The molecule has 23 heavy (non-hydrogen) atoms. The van der Waals surface area contributed by atoms with Gasteiger partial charge in [-0.3, -0.25) is 9.10 Å². The smallest absolute Gasteiger partial charge is 0.232 e. The van der Waals surface area contributed by atoms with Gasteiger partial charge in [-0.15, -0.1) is 0 Å². The van der Waals surface area contributed by atoms with Crippen molar-refractivity contribution in [2.24, 2.45) is 0 Å². The van der Waals surface area contributed by atoms with Gasteiger partial charge in [-0.25, -0.2) is 8.42 Å². The van der Waals surface area contributed by atoms with Crippen LogP contribution in [0.5, 0.6) is 5.75 Å². The molecule has 8 heteroatoms. The number of halogens is 1. The molecule has 1 rings (SSSR count). The molecular formula is C15H23ClN2O4S. The summed E-state index contributed by atoms with van der Waals surface area (Å²) in [5.41, 5.74) is 1.15. The standard InChI is InChI=1S/C15H23ClN2O4S/c1-5-6-15(19)17-7-8-18(23(4,20)21)13-9-11(2)12(16)10-14(13)22-3/h9-10H,5-8H2,1-4H3,(H,17,19). The molecule has 1 aromatic rings. The SMILES string of the molecule is CCCC(=O)NCCN(c1cc(C)c(Cl)cc1OC)S(C)(=O)=O. The number of nitrogens with one attached hydrogen (secondary N) is 1. The van der Waals surface area contributed by atoms with Crippen LogP contribution in [0.4, 0.5) is 5.69 Å². The van der Waals surface area contributed by atoms with Crippen molar-refractivity contribution in [3.05, 3.63) is 22.7 Å². The molecule has 0 saturated carbocycles. The number of hydrogen-bond donors (Lipinski definition) is 1. The first kappa shape index (κ1) is 19.6. The first-order chi connectivity index (χ1) is 10.7. The van der Waals surface area contributed by atoms with Crippen molar-refractivity contribution >= 4 is 33.2 Å². The van der Waals surface area contributed by atoms with Gasteiger partial charge >= 0.3 is 0 Å². The quantitative estimate of drug-likeness (QED) is 0.770. The van der Waals surface area contributed by atoms with Crippen molar-refractivity contribution in [3.63, 3.8) is 0 Å². The highest BCUT2D eigenvalue weighted by Crippen LogP contribution is 2.34. The van der Waals surface area contributed by atoms with Crippen LogP contribution in [0.15, 0.2) is 12.1 Å². The number of carbonyl (C=O) groups excluding carboxylic acids is 1. The predicted molar refractivity (Wildman–Crippen MR) is 92.8 cm³/mol. The molecule has 0 aliphatic rings. The molecule has 0 radical (unpaired) electrons. The zero-order valence-corrected chi connectivity index (χ0v) is 15.4. The molecule has 6 nitrogen and oxygen atoms in total. The average Bonchev–Trinajstić information content (AvgIpc) is 2.45. The summed E-state index contributed by atoms with van der Waals surface area (Å²) in [5, 5.41) is 3.20. The second kappa shape index (κ2) is 8.40. The highest BCUT2D eigenvalue weighted by atomic mass is 35.5. The van der Waals surface area contributed by atoms with Gasteiger partial charge in [-0.1, -0.05) is 18.5 Å². The zero-order valence-electron chi connectivity index (χ0n) is 13.8. The fraction of sp³-hybridized carbons (Fsp3) is 0.533. The molecule has 0 aliphatic carbocycles. The van der Waals surface area contributed by atoms with E-state index < -0.39 is 10.0 Å². The van der Waals surface area contributed by atoms with Gasteiger partial charge in [-0.05, 0) is 25.0 Å². The Bertz CT molecular complexity index is 662. The van der Waals surface area contributed by atoms with E-state index in [1.165, 1.54) is 11.4 Å². The molecule has 130 valence electrons. The lowest BCUT2D eigenvalue weighted by atomic mass is 10.2. The number of benzene rings is 1. The van der Waals surface area contributed by atoms with E-state index in [1.807, 2.05) is 6.92 Å². The maximum Gasteiger partial charge on any atom is 0.232 e. The van der Waals surface area contributed by atoms with E-state index in [0.717, 1.165) is 18.2 Å². The van der Waals surface area contributed by atoms with Crippen molar-refractivity contribution in [2.45, 2.75) is 26.7 Å². The Labute approximate surface area is 142 Å². The number of rotatable bonds is 8. The lowest BCUT2D eigenvalue weighted by Crippen LogP contribution is -2.38. The van der Waals surface area contributed by atoms with Crippen LogP contribution >= 0.6 is 11.6 Å². The third-order valence-corrected chi connectivity index (χ3v) is 4.83. The van der Waals surface area contributed by atoms with E-state index in [9.17, 15) is 13.2 Å². The lowest BCUT2D eigenvalue weighted by Gasteiger charge is -2.25. The normalized spacial score (nSPS) is 11.2. The minimum absolute atomic E-state index is 0.0970. The fourth-order valence-electron chi connectivity index (χ4n) is 2.08. The number of ether oxygens (including phenoxy) is 1. The molecule has 0 aromatic heterocycles. The van der Waals surface area contributed by atoms with Crippen LogP contribution in [0.1, 0.15) is 25.3 Å². The van der Waals surface area contributed by atoms with E-state index in [4.69, 9.17) is 16.3 Å². The number of carbonyl (C=O) groups is 1. The molecule has 0 spiro atoms. The van der Waals surface area contributed by atoms with Crippen LogP contribution in [0.25, 0.3) is 0 Å². The number of nitrogens with zero attached hydrogens (tertiary/aromatic N) is 1. The van der Waals surface area contributed by atoms with E-state index in [1.54, 1.807) is 19.1 Å². The number of methoxy groups -OCH3 is 1. The lowest BCUT2D eigenvalue weighted by molar-refractivity contribution is -0.121. The van der Waals surface area contributed by atoms with Crippen LogP contribution in [0.2, 0.25) is 5.02 Å². The second-order valence-electron chi connectivity index (χ2n) is 5.21. The topological polar surface area (TPSA) is 75.7 Å². The number of hydrogen-bond acceptors (Lipinski definition) is 4. The maximum atomic E-state index is 12.1. The van der Waals surface area contributed by atoms with E-state index in [2.05, 4.69) is 5.32 Å². The molecular weight excluding hydrogens is 340 g/mol. The highest BCUT2D eigenvalue weighted by Gasteiger charge is 2.22. The Hall–Kier alpha value is -1.47. The Kier molecular flexibility index (Phi) is 7.15. The molecule has 0 heterocycles. The average molecular weight is 363 g/mol. The van der Waals surface area contributed by atoms with Crippen molar-refractivity contribution in [1.82, 2.24) is 5.32 Å². The summed E-state index contributed by atoms with van der Waals surface area (Å²) in [6, 6.07) is 3.25. The third kappa shape index (κ3) is 5.58. The molecule has 0 fully saturated rings. The van der Waals surface area contributed by atoms with Crippen molar-refractivity contribution in [3.8, 4) is 5.75 Å². The Morgan fingerprint density at radius 1 is 1.39 bits per heavy atom. The molecule has 0 atom stereocenters. The molecule has 0 aliphatic heterocycles. The first-order valence-corrected chi connectivity index (χ1v) is 9.51. The van der Waals surface area contributed by atoms with Crippen LogP contribution in [-0.4, -0.2) is 40.8 Å². The summed E-state index contributed by atoms with van der Waals surface area (Å²) in [6.07, 6.45) is 2.28. The zero-order chi connectivity index (χ0) is 17.6. The molecule has 0 unspecified atom stereocenters. The Balaban J connectivity index is 3.05. The molecule has 0 saturated heterocycles. The van der Waals surface area contributed by atoms with Crippen LogP contribution in [-0.2, 0) is 14.8 Å². The summed E-state index contributed by atoms with van der Waals surface area (Å²) in [7, 11) is -2.08. The fourth-order valence-corrected chi connectivity index (χ4v) is 3.16. The van der Waals surface area contributed by atoms with Crippen LogP contribution in [0, 0.1) is 6.92 Å². The Morgan fingerprint density at radius 3 is 2.57 bits per heavy atom. The molecule has 1 amide bonds. The number of amides is 1. The van der Waals surface area contributed by atoms with Gasteiger partial charge in [0.15, 0.2) is 0 Å². The highest BCUT2D eigenvalue weighted by molar-refractivity contribution is 7.92. The summed E-state index contributed by atoms with van der Waals surface area (Å²) in [4.78, 5) is 11.5. The van der Waals surface area contributed by atoms with Gasteiger partial charge in [0.1, 0.15) is 5.75 Å². The third-order valence-electron chi connectivity index (χ3n) is 3.24. The first-order valence-electron chi connectivity index (χ1n) is 7.29. The van der Waals surface area contributed by atoms with Gasteiger partial charge in [0.05, 0.1) is 25.6 Å². The predicted octanol–water partition coefficient (Wildman–Crippen LogP) is 2.34. The number of anilines is 1. The number of aryl methyl sites for hydroxylation is 1. The summed E-state index contributed by atoms with van der Waals surface area (Å²) < 4.78 is 30.7. The number of sulfonamides is 1. The minimum atomic E-state index is -3.53. The van der Waals surface area contributed by atoms with Crippen molar-refractivity contribution < 1.29 is 17.9 Å². The summed E-state index contributed by atoms with van der Waals surface area (Å²) in [6.45, 7) is 4.03. The van der Waals surface area contributed by atoms with Crippen molar-refractivity contribution in [2.75, 3.05) is 30.8 Å². The van der Waals surface area contributed by atoms with Gasteiger partial charge < -0.3 is 10.1 Å².